The quantitative estimate of drug-likeness (QED) is 0.806. The third-order valence-corrected chi connectivity index (χ3v) is 3.80. The first-order chi connectivity index (χ1) is 9.35. The smallest absolute Gasteiger partial charge is 0.238 e. The van der Waals surface area contributed by atoms with Crippen LogP contribution in [0.5, 0.6) is 5.75 Å². The molecule has 1 amide bonds. The summed E-state index contributed by atoms with van der Waals surface area (Å²) in [7, 11) is 1.62. The van der Waals surface area contributed by atoms with Gasteiger partial charge in [0.15, 0.2) is 0 Å². The summed E-state index contributed by atoms with van der Waals surface area (Å²) in [6, 6.07) is 7.30. The van der Waals surface area contributed by atoms with Crippen molar-refractivity contribution in [2.75, 3.05) is 25.5 Å². The van der Waals surface area contributed by atoms with Crippen molar-refractivity contribution in [2.45, 2.75) is 27.7 Å². The number of nitrogens with one attached hydrogen (secondary N) is 2. The van der Waals surface area contributed by atoms with Crippen molar-refractivity contribution >= 4 is 11.6 Å². The second-order valence-electron chi connectivity index (χ2n) is 6.02. The van der Waals surface area contributed by atoms with E-state index in [-0.39, 0.29) is 11.3 Å². The maximum absolute atomic E-state index is 11.8. The molecule has 20 heavy (non-hydrogen) atoms. The molecule has 0 spiro atoms. The summed E-state index contributed by atoms with van der Waals surface area (Å²) in [5.41, 5.74) is 0.959. The molecular formula is C16H26N2O2. The number of rotatable bonds is 7. The van der Waals surface area contributed by atoms with E-state index >= 15 is 0 Å². The Morgan fingerprint density at radius 1 is 1.25 bits per heavy atom. The first kappa shape index (κ1) is 16.5. The normalized spacial score (nSPS) is 11.5. The van der Waals surface area contributed by atoms with Gasteiger partial charge in [0.2, 0.25) is 5.91 Å². The molecule has 0 atom stereocenters. The van der Waals surface area contributed by atoms with E-state index in [0.29, 0.717) is 12.5 Å². The number of hydrogen-bond donors (Lipinski definition) is 2. The van der Waals surface area contributed by atoms with E-state index in [9.17, 15) is 4.79 Å². The minimum absolute atomic E-state index is 0.0327. The van der Waals surface area contributed by atoms with E-state index in [1.807, 2.05) is 24.3 Å². The Hall–Kier alpha value is -1.55. The van der Waals surface area contributed by atoms with Gasteiger partial charge < -0.3 is 15.4 Å². The Morgan fingerprint density at radius 3 is 2.35 bits per heavy atom. The second-order valence-corrected chi connectivity index (χ2v) is 6.02. The fraction of sp³-hybridized carbons (Fsp3) is 0.562. The van der Waals surface area contributed by atoms with Crippen LogP contribution in [-0.2, 0) is 4.79 Å². The van der Waals surface area contributed by atoms with Gasteiger partial charge in [-0.1, -0.05) is 27.7 Å². The number of carbonyl (C=O) groups excluding carboxylic acids is 1. The maximum atomic E-state index is 11.8. The van der Waals surface area contributed by atoms with Crippen molar-refractivity contribution in [1.29, 1.82) is 0 Å². The summed E-state index contributed by atoms with van der Waals surface area (Å²) in [4.78, 5) is 11.8. The number of hydrogen-bond acceptors (Lipinski definition) is 3. The molecule has 0 radical (unpaired) electrons. The van der Waals surface area contributed by atoms with Gasteiger partial charge in [-0.15, -0.1) is 0 Å². The van der Waals surface area contributed by atoms with Crippen LogP contribution in [0.4, 0.5) is 5.69 Å². The topological polar surface area (TPSA) is 50.4 Å². The molecule has 4 heteroatoms. The molecule has 2 N–H and O–H groups in total. The number of ether oxygens (including phenoxy) is 1. The molecule has 0 aliphatic carbocycles. The van der Waals surface area contributed by atoms with Gasteiger partial charge in [0.1, 0.15) is 5.75 Å². The van der Waals surface area contributed by atoms with Crippen molar-refractivity contribution < 1.29 is 9.53 Å². The second kappa shape index (κ2) is 7.29. The van der Waals surface area contributed by atoms with Gasteiger partial charge >= 0.3 is 0 Å². The Bertz CT molecular complexity index is 425. The average molecular weight is 278 g/mol. The number of anilines is 1. The van der Waals surface area contributed by atoms with Gasteiger partial charge in [0.25, 0.3) is 0 Å². The van der Waals surface area contributed by atoms with Crippen LogP contribution in [0.15, 0.2) is 24.3 Å². The van der Waals surface area contributed by atoms with Crippen LogP contribution in [0.3, 0.4) is 0 Å². The Labute approximate surface area is 121 Å². The summed E-state index contributed by atoms with van der Waals surface area (Å²) in [6.45, 7) is 9.93. The molecule has 0 saturated carbocycles. The molecule has 1 rings (SSSR count). The van der Waals surface area contributed by atoms with Crippen LogP contribution in [0.25, 0.3) is 0 Å². The van der Waals surface area contributed by atoms with E-state index in [1.54, 1.807) is 7.11 Å². The summed E-state index contributed by atoms with van der Waals surface area (Å²) in [6.07, 6.45) is 0. The first-order valence-corrected chi connectivity index (χ1v) is 7.00. The highest BCUT2D eigenvalue weighted by Crippen LogP contribution is 2.24. The van der Waals surface area contributed by atoms with Crippen LogP contribution in [0.1, 0.15) is 27.7 Å². The Balaban J connectivity index is 2.36. The Morgan fingerprint density at radius 2 is 1.85 bits per heavy atom. The lowest BCUT2D eigenvalue weighted by atomic mass is 9.81. The van der Waals surface area contributed by atoms with Gasteiger partial charge in [-0.3, -0.25) is 4.79 Å². The number of benzene rings is 1. The highest BCUT2D eigenvalue weighted by atomic mass is 16.5. The maximum Gasteiger partial charge on any atom is 0.238 e. The Kier molecular flexibility index (Phi) is 6.02. The molecular weight excluding hydrogens is 252 g/mol. The van der Waals surface area contributed by atoms with Crippen molar-refractivity contribution in [2.24, 2.45) is 11.3 Å². The molecule has 0 fully saturated rings. The zero-order valence-corrected chi connectivity index (χ0v) is 13.1. The average Bonchev–Trinajstić information content (AvgIpc) is 2.39. The van der Waals surface area contributed by atoms with Gasteiger partial charge in [0, 0.05) is 12.2 Å². The molecule has 1 aromatic carbocycles. The highest BCUT2D eigenvalue weighted by Gasteiger charge is 2.21. The van der Waals surface area contributed by atoms with E-state index in [1.165, 1.54) is 0 Å². The van der Waals surface area contributed by atoms with Crippen molar-refractivity contribution in [3.63, 3.8) is 0 Å². The highest BCUT2D eigenvalue weighted by molar-refractivity contribution is 5.92. The SMILES string of the molecule is COc1ccc(NC(=O)CNCC(C)(C)C(C)C)cc1. The lowest BCUT2D eigenvalue weighted by molar-refractivity contribution is -0.115. The molecule has 0 aliphatic heterocycles. The molecule has 4 nitrogen and oxygen atoms in total. The van der Waals surface area contributed by atoms with E-state index in [2.05, 4.69) is 38.3 Å². The number of methoxy groups -OCH3 is 1. The van der Waals surface area contributed by atoms with Crippen molar-refractivity contribution in [3.05, 3.63) is 24.3 Å². The molecule has 112 valence electrons. The van der Waals surface area contributed by atoms with Crippen LogP contribution in [0.2, 0.25) is 0 Å². The molecule has 0 heterocycles. The first-order valence-electron chi connectivity index (χ1n) is 7.00. The lowest BCUT2D eigenvalue weighted by Gasteiger charge is -2.29. The van der Waals surface area contributed by atoms with Crippen molar-refractivity contribution in [1.82, 2.24) is 5.32 Å². The third kappa shape index (κ3) is 5.21. The van der Waals surface area contributed by atoms with E-state index < -0.39 is 0 Å². The summed E-state index contributed by atoms with van der Waals surface area (Å²) in [5.74, 6) is 1.31. The van der Waals surface area contributed by atoms with Crippen LogP contribution in [-0.4, -0.2) is 26.1 Å². The molecule has 0 bridgehead atoms. The number of amides is 1. The van der Waals surface area contributed by atoms with Gasteiger partial charge in [-0.2, -0.15) is 0 Å². The number of carbonyl (C=O) groups is 1. The lowest BCUT2D eigenvalue weighted by Crippen LogP contribution is -2.37. The third-order valence-electron chi connectivity index (χ3n) is 3.80. The molecule has 0 saturated heterocycles. The monoisotopic (exact) mass is 278 g/mol. The minimum atomic E-state index is -0.0327. The van der Waals surface area contributed by atoms with E-state index in [4.69, 9.17) is 4.74 Å². The standard InChI is InChI=1S/C16H26N2O2/c1-12(2)16(3,4)11-17-10-15(19)18-13-6-8-14(20-5)9-7-13/h6-9,12,17H,10-11H2,1-5H3,(H,18,19). The predicted molar refractivity (Wildman–Crippen MR) is 83.1 cm³/mol. The predicted octanol–water partition coefficient (Wildman–Crippen LogP) is 2.91. The summed E-state index contributed by atoms with van der Waals surface area (Å²) < 4.78 is 5.07. The van der Waals surface area contributed by atoms with Gasteiger partial charge in [0.05, 0.1) is 13.7 Å². The zero-order chi connectivity index (χ0) is 15.2. The molecule has 0 unspecified atom stereocenters. The fourth-order valence-corrected chi connectivity index (χ4v) is 1.58. The molecule has 1 aromatic rings. The van der Waals surface area contributed by atoms with Crippen LogP contribution >= 0.6 is 0 Å². The molecule has 0 aromatic heterocycles. The van der Waals surface area contributed by atoms with E-state index in [0.717, 1.165) is 18.0 Å². The van der Waals surface area contributed by atoms with Crippen LogP contribution in [0, 0.1) is 11.3 Å². The summed E-state index contributed by atoms with van der Waals surface area (Å²) >= 11 is 0. The van der Waals surface area contributed by atoms with Gasteiger partial charge in [-0.25, -0.2) is 0 Å². The summed E-state index contributed by atoms with van der Waals surface area (Å²) in [5, 5.41) is 6.06. The largest absolute Gasteiger partial charge is 0.497 e. The minimum Gasteiger partial charge on any atom is -0.497 e. The zero-order valence-electron chi connectivity index (χ0n) is 13.1. The van der Waals surface area contributed by atoms with Crippen LogP contribution < -0.4 is 15.4 Å². The van der Waals surface area contributed by atoms with Gasteiger partial charge in [-0.05, 0) is 35.6 Å². The fourth-order valence-electron chi connectivity index (χ4n) is 1.58. The molecule has 0 aliphatic rings. The van der Waals surface area contributed by atoms with Crippen molar-refractivity contribution in [3.8, 4) is 5.75 Å².